The Morgan fingerprint density at radius 1 is 0.737 bits per heavy atom. The highest BCUT2D eigenvalue weighted by molar-refractivity contribution is 7.17. The van der Waals surface area contributed by atoms with Gasteiger partial charge in [-0.1, -0.05) is 26.7 Å². The minimum atomic E-state index is -0.451. The van der Waals surface area contributed by atoms with E-state index in [1.807, 2.05) is 0 Å². The molecule has 2 heterocycles. The van der Waals surface area contributed by atoms with Crippen molar-refractivity contribution < 1.29 is 28.7 Å². The van der Waals surface area contributed by atoms with Gasteiger partial charge in [0.05, 0.1) is 25.3 Å². The van der Waals surface area contributed by atoms with E-state index in [-0.39, 0.29) is 24.7 Å². The van der Waals surface area contributed by atoms with Crippen LogP contribution in [0.4, 0.5) is 10.0 Å². The fraction of sp³-hybridized carbons (Fsp3) is 0.571. The molecule has 2 atom stereocenters. The first-order valence-corrected chi connectivity index (χ1v) is 15.0. The van der Waals surface area contributed by atoms with Crippen molar-refractivity contribution in [3.05, 3.63) is 32.0 Å². The zero-order valence-electron chi connectivity index (χ0n) is 22.5. The van der Waals surface area contributed by atoms with Crippen molar-refractivity contribution in [2.24, 2.45) is 11.8 Å². The zero-order chi connectivity index (χ0) is 27.4. The van der Waals surface area contributed by atoms with E-state index >= 15 is 0 Å². The lowest BCUT2D eigenvalue weighted by Crippen LogP contribution is -2.19. The molecule has 0 saturated carbocycles. The van der Waals surface area contributed by atoms with Crippen LogP contribution in [-0.4, -0.2) is 38.0 Å². The third-order valence-corrected chi connectivity index (χ3v) is 10.1. The lowest BCUT2D eigenvalue weighted by atomic mass is 9.85. The largest absolute Gasteiger partial charge is 0.465 e. The number of thiophene rings is 2. The maximum absolute atomic E-state index is 12.8. The fourth-order valence-electron chi connectivity index (χ4n) is 5.42. The van der Waals surface area contributed by atoms with Gasteiger partial charge in [0.2, 0.25) is 11.8 Å². The van der Waals surface area contributed by atoms with Crippen molar-refractivity contribution in [3.8, 4) is 0 Å². The predicted molar refractivity (Wildman–Crippen MR) is 149 cm³/mol. The number of hydrogen-bond acceptors (Lipinski definition) is 8. The van der Waals surface area contributed by atoms with Gasteiger partial charge in [0, 0.05) is 22.6 Å². The highest BCUT2D eigenvalue weighted by atomic mass is 32.1. The van der Waals surface area contributed by atoms with Crippen molar-refractivity contribution in [2.45, 2.75) is 78.1 Å². The average molecular weight is 561 g/mol. The minimum absolute atomic E-state index is 0.0524. The Morgan fingerprint density at radius 3 is 1.47 bits per heavy atom. The summed E-state index contributed by atoms with van der Waals surface area (Å²) in [6.45, 7) is 4.33. The maximum atomic E-state index is 12.8. The van der Waals surface area contributed by atoms with Crippen molar-refractivity contribution >= 4 is 56.4 Å². The van der Waals surface area contributed by atoms with Crippen molar-refractivity contribution in [1.29, 1.82) is 0 Å². The van der Waals surface area contributed by atoms with Crippen molar-refractivity contribution in [2.75, 3.05) is 24.9 Å². The standard InChI is InChI=1S/C28H36N2O6S2/c1-5-15-7-9-17-19(13-15)37-25(23(17)27(33)35-3)29-21(31)11-12-22(32)30-26-24(28(34)36-4)18-10-8-16(6-2)14-20(18)38-26/h15-16H,5-14H2,1-4H3,(H,29,31)(H,30,32). The molecule has 2 N–H and O–H groups in total. The van der Waals surface area contributed by atoms with E-state index in [2.05, 4.69) is 24.5 Å². The number of carbonyl (C=O) groups excluding carboxylic acids is 4. The summed E-state index contributed by atoms with van der Waals surface area (Å²) in [5, 5.41) is 6.69. The summed E-state index contributed by atoms with van der Waals surface area (Å²) in [6, 6.07) is 0. The molecule has 0 aliphatic heterocycles. The molecule has 2 aromatic heterocycles. The van der Waals surface area contributed by atoms with Crippen LogP contribution >= 0.6 is 22.7 Å². The van der Waals surface area contributed by atoms with Crippen LogP contribution in [0.2, 0.25) is 0 Å². The Labute approximate surface area is 231 Å². The van der Waals surface area contributed by atoms with Crippen LogP contribution in [0.25, 0.3) is 0 Å². The van der Waals surface area contributed by atoms with Gasteiger partial charge in [-0.3, -0.25) is 9.59 Å². The van der Waals surface area contributed by atoms with Crippen molar-refractivity contribution in [1.82, 2.24) is 0 Å². The molecule has 0 aromatic carbocycles. The highest BCUT2D eigenvalue weighted by Gasteiger charge is 2.31. The lowest BCUT2D eigenvalue weighted by Gasteiger charge is -2.20. The Morgan fingerprint density at radius 2 is 1.13 bits per heavy atom. The van der Waals surface area contributed by atoms with E-state index in [1.165, 1.54) is 36.9 Å². The van der Waals surface area contributed by atoms with Gasteiger partial charge in [0.25, 0.3) is 0 Å². The van der Waals surface area contributed by atoms with Gasteiger partial charge in [-0.25, -0.2) is 9.59 Å². The summed E-state index contributed by atoms with van der Waals surface area (Å²) >= 11 is 2.86. The summed E-state index contributed by atoms with van der Waals surface area (Å²) in [6.07, 6.45) is 7.44. The van der Waals surface area contributed by atoms with Gasteiger partial charge in [0.1, 0.15) is 10.0 Å². The number of hydrogen-bond donors (Lipinski definition) is 2. The van der Waals surface area contributed by atoms with Crippen LogP contribution < -0.4 is 10.6 Å². The zero-order valence-corrected chi connectivity index (χ0v) is 24.1. The maximum Gasteiger partial charge on any atom is 0.341 e. The lowest BCUT2D eigenvalue weighted by molar-refractivity contribution is -0.121. The van der Waals surface area contributed by atoms with E-state index in [1.54, 1.807) is 0 Å². The van der Waals surface area contributed by atoms with Gasteiger partial charge >= 0.3 is 11.9 Å². The van der Waals surface area contributed by atoms with Crippen LogP contribution in [0.15, 0.2) is 0 Å². The van der Waals surface area contributed by atoms with Gasteiger partial charge in [0.15, 0.2) is 0 Å². The molecule has 0 saturated heterocycles. The number of esters is 2. The van der Waals surface area contributed by atoms with Gasteiger partial charge in [-0.2, -0.15) is 0 Å². The van der Waals surface area contributed by atoms with E-state index in [0.29, 0.717) is 33.0 Å². The number of ether oxygens (including phenoxy) is 2. The summed E-state index contributed by atoms with van der Waals surface area (Å²) in [4.78, 5) is 52.9. The van der Waals surface area contributed by atoms with Gasteiger partial charge in [-0.15, -0.1) is 22.7 Å². The molecule has 4 rings (SSSR count). The Bertz CT molecular complexity index is 1140. The Balaban J connectivity index is 1.42. The molecule has 2 unspecified atom stereocenters. The molecule has 0 bridgehead atoms. The summed E-state index contributed by atoms with van der Waals surface area (Å²) < 4.78 is 10.0. The van der Waals surface area contributed by atoms with E-state index in [9.17, 15) is 19.2 Å². The summed E-state index contributed by atoms with van der Waals surface area (Å²) in [5.41, 5.74) is 2.83. The average Bonchev–Trinajstić information content (AvgIpc) is 3.46. The molecule has 2 amide bonds. The molecule has 206 valence electrons. The van der Waals surface area contributed by atoms with Crippen LogP contribution in [0.3, 0.4) is 0 Å². The van der Waals surface area contributed by atoms with Crippen LogP contribution in [0.1, 0.15) is 94.0 Å². The number of amides is 2. The number of anilines is 2. The molecular weight excluding hydrogens is 524 g/mol. The number of carbonyl (C=O) groups is 4. The number of methoxy groups -OCH3 is 2. The summed E-state index contributed by atoms with van der Waals surface area (Å²) in [5.74, 6) is -0.449. The molecule has 2 aromatic rings. The molecule has 0 radical (unpaired) electrons. The highest BCUT2D eigenvalue weighted by Crippen LogP contribution is 2.42. The number of rotatable bonds is 9. The first-order valence-electron chi connectivity index (χ1n) is 13.3. The molecule has 8 nitrogen and oxygen atoms in total. The monoisotopic (exact) mass is 560 g/mol. The fourth-order valence-corrected chi connectivity index (χ4v) is 8.16. The molecule has 0 spiro atoms. The van der Waals surface area contributed by atoms with Crippen LogP contribution in [0.5, 0.6) is 0 Å². The third kappa shape index (κ3) is 5.96. The van der Waals surface area contributed by atoms with E-state index in [0.717, 1.165) is 72.2 Å². The molecule has 38 heavy (non-hydrogen) atoms. The second-order valence-electron chi connectivity index (χ2n) is 10.0. The minimum Gasteiger partial charge on any atom is -0.465 e. The second kappa shape index (κ2) is 12.4. The normalized spacial score (nSPS) is 18.2. The number of nitrogens with one attached hydrogen (secondary N) is 2. The number of fused-ring (bicyclic) bond motifs is 2. The molecular formula is C28H36N2O6S2. The SMILES string of the molecule is CCC1CCc2c(sc(NC(=O)CCC(=O)Nc3sc4c(c3C(=O)OC)CCC(CC)C4)c2C(=O)OC)C1. The van der Waals surface area contributed by atoms with E-state index < -0.39 is 11.9 Å². The topological polar surface area (TPSA) is 111 Å². The molecule has 10 heteroatoms. The van der Waals surface area contributed by atoms with E-state index in [4.69, 9.17) is 9.47 Å². The molecule has 2 aliphatic rings. The second-order valence-corrected chi connectivity index (χ2v) is 12.2. The van der Waals surface area contributed by atoms with Gasteiger partial charge < -0.3 is 20.1 Å². The first-order chi connectivity index (χ1) is 18.3. The van der Waals surface area contributed by atoms with Crippen molar-refractivity contribution in [3.63, 3.8) is 0 Å². The summed E-state index contributed by atoms with van der Waals surface area (Å²) in [7, 11) is 2.68. The van der Waals surface area contributed by atoms with Gasteiger partial charge in [-0.05, 0) is 61.5 Å². The Kier molecular flexibility index (Phi) is 9.25. The molecule has 2 aliphatic carbocycles. The predicted octanol–water partition coefficient (Wildman–Crippen LogP) is 5.77. The smallest absolute Gasteiger partial charge is 0.341 e. The molecule has 0 fully saturated rings. The van der Waals surface area contributed by atoms with Crippen LogP contribution in [0, 0.1) is 11.8 Å². The Hall–Kier alpha value is -2.72. The first kappa shape index (κ1) is 28.3. The third-order valence-electron chi connectivity index (χ3n) is 7.75. The quantitative estimate of drug-likeness (QED) is 0.377. The van der Waals surface area contributed by atoms with Crippen LogP contribution in [-0.2, 0) is 44.7 Å².